The van der Waals surface area contributed by atoms with Crippen LogP contribution < -0.4 is 0 Å². The number of ketones is 1. The number of hydrogen-bond acceptors (Lipinski definition) is 1. The molecule has 0 aliphatic rings. The molecule has 1 aromatic rings. The van der Waals surface area contributed by atoms with E-state index >= 15 is 0 Å². The fourth-order valence-corrected chi connectivity index (χ4v) is 1.37. The Morgan fingerprint density at radius 2 is 1.81 bits per heavy atom. The van der Waals surface area contributed by atoms with Crippen molar-refractivity contribution in [2.24, 2.45) is 0 Å². The topological polar surface area (TPSA) is 17.1 Å². The van der Waals surface area contributed by atoms with Crippen LogP contribution in [0.25, 0.3) is 0 Å². The Kier molecular flexibility index (Phi) is 4.03. The van der Waals surface area contributed by atoms with Crippen LogP contribution in [0.3, 0.4) is 0 Å². The standard InChI is InChI=1S/C12H13ClF2O/c1-8(2)10-5-3-9(4-6-10)7-11(16)12(13,14)15/h3-6,8H,7H2,1-2H3. The van der Waals surface area contributed by atoms with Gasteiger partial charge in [-0.3, -0.25) is 4.79 Å². The highest BCUT2D eigenvalue weighted by atomic mass is 35.5. The Morgan fingerprint density at radius 3 is 2.19 bits per heavy atom. The largest absolute Gasteiger partial charge is 0.380 e. The van der Waals surface area contributed by atoms with Gasteiger partial charge in [0.25, 0.3) is 0 Å². The van der Waals surface area contributed by atoms with Crippen molar-refractivity contribution in [1.82, 2.24) is 0 Å². The number of rotatable bonds is 4. The Morgan fingerprint density at radius 1 is 1.31 bits per heavy atom. The third kappa shape index (κ3) is 3.56. The highest BCUT2D eigenvalue weighted by molar-refractivity contribution is 6.32. The molecule has 0 aliphatic heterocycles. The zero-order chi connectivity index (χ0) is 12.3. The van der Waals surface area contributed by atoms with E-state index in [2.05, 4.69) is 11.6 Å². The minimum Gasteiger partial charge on any atom is -0.291 e. The minimum absolute atomic E-state index is 0.338. The summed E-state index contributed by atoms with van der Waals surface area (Å²) in [6, 6.07) is 7.02. The molecule has 0 N–H and O–H groups in total. The van der Waals surface area contributed by atoms with Gasteiger partial charge in [0.1, 0.15) is 0 Å². The second kappa shape index (κ2) is 4.91. The van der Waals surface area contributed by atoms with Crippen molar-refractivity contribution in [1.29, 1.82) is 0 Å². The van der Waals surface area contributed by atoms with Gasteiger partial charge in [-0.25, -0.2) is 0 Å². The minimum atomic E-state index is -3.77. The number of hydrogen-bond donors (Lipinski definition) is 0. The molecule has 1 aromatic carbocycles. The molecular weight excluding hydrogens is 234 g/mol. The number of carbonyl (C=O) groups is 1. The first-order valence-electron chi connectivity index (χ1n) is 4.99. The third-order valence-corrected chi connectivity index (χ3v) is 2.54. The molecule has 16 heavy (non-hydrogen) atoms. The summed E-state index contributed by atoms with van der Waals surface area (Å²) < 4.78 is 24.8. The maximum Gasteiger partial charge on any atom is 0.380 e. The average molecular weight is 247 g/mol. The van der Waals surface area contributed by atoms with Crippen LogP contribution in [-0.2, 0) is 11.2 Å². The number of carbonyl (C=O) groups excluding carboxylic acids is 1. The maximum absolute atomic E-state index is 12.4. The van der Waals surface area contributed by atoms with E-state index in [1.807, 2.05) is 26.0 Å². The molecule has 0 aromatic heterocycles. The van der Waals surface area contributed by atoms with Crippen LogP contribution in [0.5, 0.6) is 0 Å². The van der Waals surface area contributed by atoms with Crippen LogP contribution in [0.1, 0.15) is 30.9 Å². The third-order valence-electron chi connectivity index (χ3n) is 2.33. The second-order valence-corrected chi connectivity index (χ2v) is 4.47. The number of alkyl halides is 3. The molecule has 0 bridgehead atoms. The van der Waals surface area contributed by atoms with E-state index in [9.17, 15) is 13.6 Å². The highest BCUT2D eigenvalue weighted by Gasteiger charge is 2.34. The lowest BCUT2D eigenvalue weighted by atomic mass is 10.00. The van der Waals surface area contributed by atoms with Crippen molar-refractivity contribution >= 4 is 17.4 Å². The molecular formula is C12H13ClF2O. The van der Waals surface area contributed by atoms with E-state index in [1.165, 1.54) is 0 Å². The molecule has 0 amide bonds. The van der Waals surface area contributed by atoms with Gasteiger partial charge in [-0.15, -0.1) is 0 Å². The van der Waals surface area contributed by atoms with E-state index in [0.717, 1.165) is 5.56 Å². The molecule has 0 aliphatic carbocycles. The number of benzene rings is 1. The van der Waals surface area contributed by atoms with Crippen LogP contribution in [0.15, 0.2) is 24.3 Å². The second-order valence-electron chi connectivity index (χ2n) is 3.99. The van der Waals surface area contributed by atoms with Crippen molar-refractivity contribution in [3.05, 3.63) is 35.4 Å². The highest BCUT2D eigenvalue weighted by Crippen LogP contribution is 2.22. The summed E-state index contributed by atoms with van der Waals surface area (Å²) in [5.74, 6) is -0.898. The van der Waals surface area contributed by atoms with E-state index < -0.39 is 11.2 Å². The first kappa shape index (κ1) is 13.1. The molecule has 0 saturated heterocycles. The van der Waals surface area contributed by atoms with Crippen molar-refractivity contribution in [3.63, 3.8) is 0 Å². The Bertz CT molecular complexity index is 366. The fraction of sp³-hybridized carbons (Fsp3) is 0.417. The number of halogens is 3. The molecule has 0 unspecified atom stereocenters. The van der Waals surface area contributed by atoms with Gasteiger partial charge in [0.2, 0.25) is 5.78 Å². The molecule has 88 valence electrons. The van der Waals surface area contributed by atoms with Crippen LogP contribution in [0.2, 0.25) is 0 Å². The van der Waals surface area contributed by atoms with Gasteiger partial charge in [0.15, 0.2) is 0 Å². The van der Waals surface area contributed by atoms with Crippen molar-refractivity contribution in [2.75, 3.05) is 0 Å². The summed E-state index contributed by atoms with van der Waals surface area (Å²) >= 11 is 4.63. The molecule has 0 radical (unpaired) electrons. The van der Waals surface area contributed by atoms with Gasteiger partial charge in [-0.2, -0.15) is 8.78 Å². The summed E-state index contributed by atoms with van der Waals surface area (Å²) in [7, 11) is 0. The van der Waals surface area contributed by atoms with Crippen LogP contribution in [-0.4, -0.2) is 11.2 Å². The zero-order valence-corrected chi connectivity index (χ0v) is 9.89. The zero-order valence-electron chi connectivity index (χ0n) is 9.14. The summed E-state index contributed by atoms with van der Waals surface area (Å²) in [5.41, 5.74) is 1.66. The smallest absolute Gasteiger partial charge is 0.291 e. The van der Waals surface area contributed by atoms with Crippen LogP contribution in [0, 0.1) is 0 Å². The normalized spacial score (nSPS) is 11.9. The van der Waals surface area contributed by atoms with Gasteiger partial charge in [-0.05, 0) is 28.6 Å². The van der Waals surface area contributed by atoms with Crippen molar-refractivity contribution in [2.45, 2.75) is 31.6 Å². The van der Waals surface area contributed by atoms with Gasteiger partial charge >= 0.3 is 5.38 Å². The molecule has 0 spiro atoms. The van der Waals surface area contributed by atoms with Crippen molar-refractivity contribution < 1.29 is 13.6 Å². The molecule has 0 heterocycles. The molecule has 0 saturated carbocycles. The van der Waals surface area contributed by atoms with Crippen LogP contribution in [0.4, 0.5) is 8.78 Å². The lowest BCUT2D eigenvalue weighted by Gasteiger charge is -2.08. The Hall–Kier alpha value is -0.960. The van der Waals surface area contributed by atoms with Gasteiger partial charge in [0, 0.05) is 6.42 Å². The molecule has 0 atom stereocenters. The predicted molar refractivity (Wildman–Crippen MR) is 60.0 cm³/mol. The lowest BCUT2D eigenvalue weighted by Crippen LogP contribution is -2.23. The Labute approximate surface area is 98.4 Å². The predicted octanol–water partition coefficient (Wildman–Crippen LogP) is 3.75. The van der Waals surface area contributed by atoms with Gasteiger partial charge in [0.05, 0.1) is 0 Å². The van der Waals surface area contributed by atoms with E-state index in [0.29, 0.717) is 11.5 Å². The van der Waals surface area contributed by atoms with Crippen molar-refractivity contribution in [3.8, 4) is 0 Å². The first-order chi connectivity index (χ1) is 7.30. The van der Waals surface area contributed by atoms with Gasteiger partial charge < -0.3 is 0 Å². The van der Waals surface area contributed by atoms with Crippen LogP contribution >= 0.6 is 11.6 Å². The molecule has 1 rings (SSSR count). The van der Waals surface area contributed by atoms with E-state index in [4.69, 9.17) is 0 Å². The quantitative estimate of drug-likeness (QED) is 0.740. The fourth-order valence-electron chi connectivity index (χ4n) is 1.31. The lowest BCUT2D eigenvalue weighted by molar-refractivity contribution is -0.132. The van der Waals surface area contributed by atoms with E-state index in [1.54, 1.807) is 12.1 Å². The average Bonchev–Trinajstić information content (AvgIpc) is 2.17. The molecule has 4 heteroatoms. The Balaban J connectivity index is 2.73. The summed E-state index contributed by atoms with van der Waals surface area (Å²) in [6.07, 6.45) is -0.338. The summed E-state index contributed by atoms with van der Waals surface area (Å²) in [4.78, 5) is 11.0. The SMILES string of the molecule is CC(C)c1ccc(CC(=O)C(F)(F)Cl)cc1. The summed E-state index contributed by atoms with van der Waals surface area (Å²) in [5, 5.41) is -3.77. The number of Topliss-reactive ketones (excluding diaryl/α,β-unsaturated/α-hetero) is 1. The monoisotopic (exact) mass is 246 g/mol. The maximum atomic E-state index is 12.4. The molecule has 0 fully saturated rings. The first-order valence-corrected chi connectivity index (χ1v) is 5.37. The van der Waals surface area contributed by atoms with E-state index in [-0.39, 0.29) is 6.42 Å². The summed E-state index contributed by atoms with van der Waals surface area (Å²) in [6.45, 7) is 4.07. The van der Waals surface area contributed by atoms with Gasteiger partial charge in [-0.1, -0.05) is 38.1 Å². The molecule has 1 nitrogen and oxygen atoms in total.